The highest BCUT2D eigenvalue weighted by atomic mass is 35.5. The Balaban J connectivity index is 1.61. The predicted molar refractivity (Wildman–Crippen MR) is 109 cm³/mol. The molecule has 0 bridgehead atoms. The number of hydrogen-bond acceptors (Lipinski definition) is 3. The largest absolute Gasteiger partial charge is 0.296 e. The molecular formula is C20H14Cl3N3O. The van der Waals surface area contributed by atoms with Crippen LogP contribution in [0, 0.1) is 0 Å². The lowest BCUT2D eigenvalue weighted by Crippen LogP contribution is -2.31. The average molecular weight is 419 g/mol. The van der Waals surface area contributed by atoms with Crippen LogP contribution in [0.1, 0.15) is 11.1 Å². The molecular weight excluding hydrogens is 405 g/mol. The van der Waals surface area contributed by atoms with Gasteiger partial charge in [0.15, 0.2) is 0 Å². The lowest BCUT2D eigenvalue weighted by Gasteiger charge is -2.17. The van der Waals surface area contributed by atoms with Crippen LogP contribution in [0.25, 0.3) is 11.1 Å². The molecule has 3 heterocycles. The Kier molecular flexibility index (Phi) is 5.04. The summed E-state index contributed by atoms with van der Waals surface area (Å²) in [4.78, 5) is 23.0. The molecule has 1 amide bonds. The van der Waals surface area contributed by atoms with Crippen molar-refractivity contribution in [3.05, 3.63) is 75.1 Å². The van der Waals surface area contributed by atoms with Crippen LogP contribution in [0.5, 0.6) is 0 Å². The van der Waals surface area contributed by atoms with Gasteiger partial charge in [-0.15, -0.1) is 0 Å². The molecule has 0 fully saturated rings. The third-order valence-corrected chi connectivity index (χ3v) is 5.41. The van der Waals surface area contributed by atoms with Crippen LogP contribution in [0.2, 0.25) is 15.2 Å². The molecule has 1 aromatic carbocycles. The molecule has 4 nitrogen and oxygen atoms in total. The number of nitrogens with zero attached hydrogens (tertiary/aromatic N) is 3. The zero-order valence-corrected chi connectivity index (χ0v) is 16.4. The van der Waals surface area contributed by atoms with Gasteiger partial charge < -0.3 is 0 Å². The first-order valence-electron chi connectivity index (χ1n) is 8.37. The van der Waals surface area contributed by atoms with Gasteiger partial charge in [0.1, 0.15) is 11.0 Å². The summed E-state index contributed by atoms with van der Waals surface area (Å²) in [7, 11) is 0. The first-order valence-corrected chi connectivity index (χ1v) is 9.50. The van der Waals surface area contributed by atoms with Gasteiger partial charge in [-0.1, -0.05) is 53.0 Å². The minimum absolute atomic E-state index is 0.0212. The molecule has 7 heteroatoms. The van der Waals surface area contributed by atoms with Crippen molar-refractivity contribution in [2.24, 2.45) is 0 Å². The van der Waals surface area contributed by atoms with Gasteiger partial charge in [0.05, 0.1) is 11.4 Å². The molecule has 0 radical (unpaired) electrons. The van der Waals surface area contributed by atoms with E-state index >= 15 is 0 Å². The van der Waals surface area contributed by atoms with E-state index in [1.54, 1.807) is 23.2 Å². The number of rotatable bonds is 3. The summed E-state index contributed by atoms with van der Waals surface area (Å²) < 4.78 is 0. The van der Waals surface area contributed by atoms with Gasteiger partial charge in [0.2, 0.25) is 5.91 Å². The van der Waals surface area contributed by atoms with E-state index in [1.165, 1.54) is 6.20 Å². The first-order chi connectivity index (χ1) is 13.0. The summed E-state index contributed by atoms with van der Waals surface area (Å²) >= 11 is 18.4. The SMILES string of the molecule is O=C(Cc1ccccc1Cl)N1CCc2cc(-c3cc(Cl)ncc3Cl)cnc21. The molecule has 0 saturated carbocycles. The van der Waals surface area contributed by atoms with Crippen molar-refractivity contribution in [1.29, 1.82) is 0 Å². The fraction of sp³-hybridized carbons (Fsp3) is 0.150. The molecule has 1 aliphatic rings. The number of carbonyl (C=O) groups is 1. The lowest BCUT2D eigenvalue weighted by molar-refractivity contribution is -0.117. The Labute approximate surface area is 171 Å². The van der Waals surface area contributed by atoms with E-state index in [2.05, 4.69) is 9.97 Å². The van der Waals surface area contributed by atoms with Crippen molar-refractivity contribution in [2.75, 3.05) is 11.4 Å². The zero-order chi connectivity index (χ0) is 19.0. The molecule has 0 atom stereocenters. The van der Waals surface area contributed by atoms with Crippen molar-refractivity contribution < 1.29 is 4.79 Å². The summed E-state index contributed by atoms with van der Waals surface area (Å²) in [6.07, 6.45) is 4.21. The standard InChI is InChI=1S/C20H14Cl3N3O/c21-16-4-2-1-3-12(16)8-19(27)26-6-5-13-7-14(10-25-20(13)26)15-9-18(23)24-11-17(15)22/h1-4,7,9-11H,5-6,8H2. The summed E-state index contributed by atoms with van der Waals surface area (Å²) in [6, 6.07) is 11.1. The summed E-state index contributed by atoms with van der Waals surface area (Å²) in [5.74, 6) is 0.666. The maximum Gasteiger partial charge on any atom is 0.232 e. The van der Waals surface area contributed by atoms with E-state index < -0.39 is 0 Å². The number of anilines is 1. The maximum atomic E-state index is 12.8. The van der Waals surface area contributed by atoms with Gasteiger partial charge in [0, 0.05) is 35.1 Å². The Bertz CT molecular complexity index is 1040. The second-order valence-corrected chi connectivity index (χ2v) is 7.46. The molecule has 3 aromatic rings. The van der Waals surface area contributed by atoms with Gasteiger partial charge >= 0.3 is 0 Å². The number of fused-ring (bicyclic) bond motifs is 1. The Morgan fingerprint density at radius 2 is 1.85 bits per heavy atom. The van der Waals surface area contributed by atoms with Crippen molar-refractivity contribution in [1.82, 2.24) is 9.97 Å². The van der Waals surface area contributed by atoms with Gasteiger partial charge in [-0.25, -0.2) is 9.97 Å². The van der Waals surface area contributed by atoms with Crippen LogP contribution >= 0.6 is 34.8 Å². The molecule has 136 valence electrons. The van der Waals surface area contributed by atoms with Crippen molar-refractivity contribution in [3.63, 3.8) is 0 Å². The minimum atomic E-state index is -0.0212. The molecule has 0 N–H and O–H groups in total. The first kappa shape index (κ1) is 18.2. The van der Waals surface area contributed by atoms with E-state index in [0.717, 1.165) is 28.7 Å². The van der Waals surface area contributed by atoms with E-state index in [0.29, 0.717) is 27.6 Å². The maximum absolute atomic E-state index is 12.8. The van der Waals surface area contributed by atoms with Crippen molar-refractivity contribution in [2.45, 2.75) is 12.8 Å². The third-order valence-electron chi connectivity index (χ3n) is 4.54. The molecule has 2 aromatic heterocycles. The molecule has 4 rings (SSSR count). The minimum Gasteiger partial charge on any atom is -0.296 e. The normalized spacial score (nSPS) is 12.9. The molecule has 27 heavy (non-hydrogen) atoms. The number of carbonyl (C=O) groups excluding carboxylic acids is 1. The van der Waals surface area contributed by atoms with E-state index in [-0.39, 0.29) is 12.3 Å². The Hall–Kier alpha value is -2.14. The fourth-order valence-electron chi connectivity index (χ4n) is 3.19. The molecule has 0 spiro atoms. The van der Waals surface area contributed by atoms with Crippen LogP contribution in [-0.2, 0) is 17.6 Å². The molecule has 0 aliphatic carbocycles. The second-order valence-electron chi connectivity index (χ2n) is 6.26. The van der Waals surface area contributed by atoms with Crippen LogP contribution in [0.15, 0.2) is 48.8 Å². The molecule has 0 unspecified atom stereocenters. The number of halogens is 3. The summed E-state index contributed by atoms with van der Waals surface area (Å²) in [6.45, 7) is 0.597. The van der Waals surface area contributed by atoms with E-state index in [9.17, 15) is 4.79 Å². The van der Waals surface area contributed by atoms with Crippen LogP contribution < -0.4 is 4.90 Å². The molecule has 1 aliphatic heterocycles. The number of benzene rings is 1. The second kappa shape index (κ2) is 7.47. The van der Waals surface area contributed by atoms with Gasteiger partial charge in [0.25, 0.3) is 0 Å². The Morgan fingerprint density at radius 3 is 2.67 bits per heavy atom. The lowest BCUT2D eigenvalue weighted by atomic mass is 10.1. The third kappa shape index (κ3) is 3.65. The van der Waals surface area contributed by atoms with Gasteiger partial charge in [-0.05, 0) is 35.7 Å². The van der Waals surface area contributed by atoms with Crippen LogP contribution in [0.3, 0.4) is 0 Å². The van der Waals surface area contributed by atoms with E-state index in [1.807, 2.05) is 24.3 Å². The summed E-state index contributed by atoms with van der Waals surface area (Å²) in [5.41, 5.74) is 3.44. The number of aromatic nitrogens is 2. The van der Waals surface area contributed by atoms with Gasteiger partial charge in [-0.3, -0.25) is 9.69 Å². The molecule has 0 saturated heterocycles. The van der Waals surface area contributed by atoms with E-state index in [4.69, 9.17) is 34.8 Å². The van der Waals surface area contributed by atoms with Crippen molar-refractivity contribution in [3.8, 4) is 11.1 Å². The monoisotopic (exact) mass is 417 g/mol. The van der Waals surface area contributed by atoms with Crippen molar-refractivity contribution >= 4 is 46.5 Å². The topological polar surface area (TPSA) is 46.1 Å². The Morgan fingerprint density at radius 1 is 1.04 bits per heavy atom. The van der Waals surface area contributed by atoms with Gasteiger partial charge in [-0.2, -0.15) is 0 Å². The number of pyridine rings is 2. The fourth-order valence-corrected chi connectivity index (χ4v) is 3.77. The summed E-state index contributed by atoms with van der Waals surface area (Å²) in [5, 5.41) is 1.47. The number of hydrogen-bond donors (Lipinski definition) is 0. The average Bonchev–Trinajstić information content (AvgIpc) is 3.09. The van der Waals surface area contributed by atoms with Crippen LogP contribution in [0.4, 0.5) is 5.82 Å². The zero-order valence-electron chi connectivity index (χ0n) is 14.1. The smallest absolute Gasteiger partial charge is 0.232 e. The number of amides is 1. The highest BCUT2D eigenvalue weighted by molar-refractivity contribution is 6.34. The highest BCUT2D eigenvalue weighted by Crippen LogP contribution is 2.34. The highest BCUT2D eigenvalue weighted by Gasteiger charge is 2.27. The quantitative estimate of drug-likeness (QED) is 0.547. The van der Waals surface area contributed by atoms with Crippen LogP contribution in [-0.4, -0.2) is 22.4 Å². The predicted octanol–water partition coefficient (Wildman–Crippen LogP) is 5.24.